The minimum absolute atomic E-state index is 0.0466. The second-order valence-corrected chi connectivity index (χ2v) is 7.74. The molecule has 1 aromatic carbocycles. The molecule has 0 aromatic heterocycles. The van der Waals surface area contributed by atoms with Crippen LogP contribution in [0.25, 0.3) is 0 Å². The molecule has 2 aliphatic rings. The molecule has 1 aromatic rings. The van der Waals surface area contributed by atoms with Gasteiger partial charge in [0, 0.05) is 31.0 Å². The van der Waals surface area contributed by atoms with E-state index in [0.717, 1.165) is 44.1 Å². The number of hydrogen-bond donors (Lipinski definition) is 2. The molecule has 0 saturated carbocycles. The van der Waals surface area contributed by atoms with Crippen LogP contribution in [0.3, 0.4) is 0 Å². The fraction of sp³-hybridized carbons (Fsp3) is 0.600. The van der Waals surface area contributed by atoms with Gasteiger partial charge in [-0.3, -0.25) is 14.5 Å². The number of nitrogens with one attached hydrogen (secondary N) is 1. The first kappa shape index (κ1) is 18.7. The molecule has 3 rings (SSSR count). The average Bonchev–Trinajstić information content (AvgIpc) is 2.63. The second-order valence-electron chi connectivity index (χ2n) is 7.74. The average molecular weight is 358 g/mol. The second kappa shape index (κ2) is 8.54. The van der Waals surface area contributed by atoms with Crippen LogP contribution in [0.2, 0.25) is 0 Å². The van der Waals surface area contributed by atoms with Crippen LogP contribution in [-0.2, 0) is 9.59 Å². The quantitative estimate of drug-likeness (QED) is 0.844. The first-order valence-electron chi connectivity index (χ1n) is 9.68. The largest absolute Gasteiger partial charge is 0.372 e. The lowest BCUT2D eigenvalue weighted by molar-refractivity contribution is -0.125. The molecule has 142 valence electrons. The molecule has 2 saturated heterocycles. The van der Waals surface area contributed by atoms with Crippen LogP contribution in [0.1, 0.15) is 32.6 Å². The maximum absolute atomic E-state index is 12.3. The summed E-state index contributed by atoms with van der Waals surface area (Å²) < 4.78 is 0. The Balaban J connectivity index is 1.49. The fourth-order valence-corrected chi connectivity index (χ4v) is 3.86. The molecule has 3 N–H and O–H groups in total. The van der Waals surface area contributed by atoms with Crippen molar-refractivity contribution in [3.8, 4) is 0 Å². The summed E-state index contributed by atoms with van der Waals surface area (Å²) in [5.41, 5.74) is 7.43. The van der Waals surface area contributed by atoms with Gasteiger partial charge in [-0.15, -0.1) is 0 Å². The monoisotopic (exact) mass is 358 g/mol. The number of nitrogens with two attached hydrogens (primary N) is 1. The zero-order valence-corrected chi connectivity index (χ0v) is 15.6. The highest BCUT2D eigenvalue weighted by Crippen LogP contribution is 2.24. The van der Waals surface area contributed by atoms with E-state index in [1.807, 2.05) is 17.0 Å². The van der Waals surface area contributed by atoms with Gasteiger partial charge in [0.1, 0.15) is 0 Å². The predicted octanol–water partition coefficient (Wildman–Crippen LogP) is 2.06. The number of nitrogens with zero attached hydrogens (tertiary/aromatic N) is 2. The summed E-state index contributed by atoms with van der Waals surface area (Å²) in [6.45, 7) is 6.23. The predicted molar refractivity (Wildman–Crippen MR) is 104 cm³/mol. The molecular weight excluding hydrogens is 328 g/mol. The molecule has 26 heavy (non-hydrogen) atoms. The van der Waals surface area contributed by atoms with Crippen molar-refractivity contribution in [2.45, 2.75) is 32.6 Å². The highest BCUT2D eigenvalue weighted by atomic mass is 16.2. The molecule has 1 atom stereocenters. The van der Waals surface area contributed by atoms with E-state index >= 15 is 0 Å². The first-order valence-corrected chi connectivity index (χ1v) is 9.68. The van der Waals surface area contributed by atoms with E-state index in [1.165, 1.54) is 18.5 Å². The van der Waals surface area contributed by atoms with Crippen molar-refractivity contribution in [1.29, 1.82) is 0 Å². The van der Waals surface area contributed by atoms with Gasteiger partial charge in [0.05, 0.1) is 12.5 Å². The third-order valence-electron chi connectivity index (χ3n) is 5.57. The highest BCUT2D eigenvalue weighted by Gasteiger charge is 2.25. The Morgan fingerprint density at radius 3 is 2.46 bits per heavy atom. The zero-order valence-electron chi connectivity index (χ0n) is 15.6. The summed E-state index contributed by atoms with van der Waals surface area (Å²) >= 11 is 0. The van der Waals surface area contributed by atoms with E-state index in [1.54, 1.807) is 0 Å². The lowest BCUT2D eigenvalue weighted by atomic mass is 9.97. The molecule has 6 nitrogen and oxygen atoms in total. The summed E-state index contributed by atoms with van der Waals surface area (Å²) in [6.07, 6.45) is 4.20. The van der Waals surface area contributed by atoms with Gasteiger partial charge in [-0.1, -0.05) is 6.92 Å². The number of amides is 2. The summed E-state index contributed by atoms with van der Waals surface area (Å²) in [4.78, 5) is 28.1. The van der Waals surface area contributed by atoms with E-state index in [9.17, 15) is 9.59 Å². The van der Waals surface area contributed by atoms with Gasteiger partial charge < -0.3 is 16.0 Å². The molecule has 0 unspecified atom stereocenters. The molecule has 0 spiro atoms. The standard InChI is InChI=1S/C20H30N4O2/c1-15-8-11-24(12-9-15)18-6-4-17(5-7-18)22-19(25)14-23-10-2-3-16(13-23)20(21)26/h4-7,15-16H,2-3,8-14H2,1H3,(H2,21,26)(H,22,25)/t16-/m1/s1. The molecule has 6 heteroatoms. The van der Waals surface area contributed by atoms with Crippen LogP contribution in [-0.4, -0.2) is 49.4 Å². The Hall–Kier alpha value is -2.08. The summed E-state index contributed by atoms with van der Waals surface area (Å²) in [6, 6.07) is 8.09. The Labute approximate surface area is 155 Å². The summed E-state index contributed by atoms with van der Waals surface area (Å²) in [5, 5.41) is 2.96. The van der Waals surface area contributed by atoms with E-state index in [0.29, 0.717) is 13.1 Å². The van der Waals surface area contributed by atoms with Crippen LogP contribution < -0.4 is 16.0 Å². The van der Waals surface area contributed by atoms with Gasteiger partial charge in [-0.2, -0.15) is 0 Å². The van der Waals surface area contributed by atoms with Crippen molar-refractivity contribution < 1.29 is 9.59 Å². The Morgan fingerprint density at radius 2 is 1.81 bits per heavy atom. The van der Waals surface area contributed by atoms with Crippen molar-refractivity contribution in [2.24, 2.45) is 17.6 Å². The SMILES string of the molecule is CC1CCN(c2ccc(NC(=O)CN3CCC[C@@H](C(N)=O)C3)cc2)CC1. The minimum atomic E-state index is -0.266. The maximum Gasteiger partial charge on any atom is 0.238 e. The van der Waals surface area contributed by atoms with E-state index in [4.69, 9.17) is 5.73 Å². The first-order chi connectivity index (χ1) is 12.5. The Kier molecular flexibility index (Phi) is 6.14. The van der Waals surface area contributed by atoms with Crippen LogP contribution in [0.15, 0.2) is 24.3 Å². The summed E-state index contributed by atoms with van der Waals surface area (Å²) in [7, 11) is 0. The van der Waals surface area contributed by atoms with Crippen LogP contribution in [0, 0.1) is 11.8 Å². The van der Waals surface area contributed by atoms with Crippen molar-refractivity contribution >= 4 is 23.2 Å². The molecule has 0 bridgehead atoms. The number of piperidine rings is 2. The number of rotatable bonds is 5. The van der Waals surface area contributed by atoms with Crippen molar-refractivity contribution in [2.75, 3.05) is 42.9 Å². The van der Waals surface area contributed by atoms with Crippen LogP contribution in [0.5, 0.6) is 0 Å². The van der Waals surface area contributed by atoms with E-state index in [2.05, 4.69) is 29.3 Å². The minimum Gasteiger partial charge on any atom is -0.372 e. The maximum atomic E-state index is 12.3. The van der Waals surface area contributed by atoms with E-state index < -0.39 is 0 Å². The molecule has 2 aliphatic heterocycles. The van der Waals surface area contributed by atoms with Crippen molar-refractivity contribution in [3.05, 3.63) is 24.3 Å². The van der Waals surface area contributed by atoms with Gasteiger partial charge in [0.25, 0.3) is 0 Å². The number of likely N-dealkylation sites (tertiary alicyclic amines) is 1. The Morgan fingerprint density at radius 1 is 1.12 bits per heavy atom. The highest BCUT2D eigenvalue weighted by molar-refractivity contribution is 5.92. The number of benzene rings is 1. The summed E-state index contributed by atoms with van der Waals surface area (Å²) in [5.74, 6) is 0.365. The molecule has 2 heterocycles. The van der Waals surface area contributed by atoms with Gasteiger partial charge in [0.15, 0.2) is 0 Å². The molecule has 2 fully saturated rings. The number of primary amides is 1. The van der Waals surface area contributed by atoms with Crippen LogP contribution >= 0.6 is 0 Å². The zero-order chi connectivity index (χ0) is 18.5. The molecule has 0 aliphatic carbocycles. The van der Waals surface area contributed by atoms with Crippen LogP contribution in [0.4, 0.5) is 11.4 Å². The third kappa shape index (κ3) is 4.97. The fourth-order valence-electron chi connectivity index (χ4n) is 3.86. The lowest BCUT2D eigenvalue weighted by Crippen LogP contribution is -2.44. The topological polar surface area (TPSA) is 78.7 Å². The lowest BCUT2D eigenvalue weighted by Gasteiger charge is -2.32. The number of carbonyl (C=O) groups is 2. The van der Waals surface area contributed by atoms with Crippen molar-refractivity contribution in [1.82, 2.24) is 4.90 Å². The van der Waals surface area contributed by atoms with Gasteiger partial charge in [-0.05, 0) is 62.4 Å². The normalized spacial score (nSPS) is 22.2. The van der Waals surface area contributed by atoms with Gasteiger partial charge in [-0.25, -0.2) is 0 Å². The number of anilines is 2. The number of hydrogen-bond acceptors (Lipinski definition) is 4. The third-order valence-corrected chi connectivity index (χ3v) is 5.57. The molecular formula is C20H30N4O2. The Bertz CT molecular complexity index is 623. The van der Waals surface area contributed by atoms with Gasteiger partial charge in [0.2, 0.25) is 11.8 Å². The van der Waals surface area contributed by atoms with E-state index in [-0.39, 0.29) is 17.7 Å². The number of carbonyl (C=O) groups excluding carboxylic acids is 2. The molecule has 2 amide bonds. The van der Waals surface area contributed by atoms with Crippen molar-refractivity contribution in [3.63, 3.8) is 0 Å². The smallest absolute Gasteiger partial charge is 0.238 e. The van der Waals surface area contributed by atoms with Gasteiger partial charge >= 0.3 is 0 Å². The molecule has 0 radical (unpaired) electrons.